The Morgan fingerprint density at radius 3 is 2.20 bits per heavy atom. The van der Waals surface area contributed by atoms with Gasteiger partial charge in [0.15, 0.2) is 0 Å². The number of alkyl carbamates (subject to hydrolysis) is 1. The van der Waals surface area contributed by atoms with Crippen LogP contribution in [0.2, 0.25) is 0 Å². The lowest BCUT2D eigenvalue weighted by molar-refractivity contribution is -0.143. The molecule has 2 aromatic rings. The lowest BCUT2D eigenvalue weighted by atomic mass is 9.95. The second kappa shape index (κ2) is 15.7. The molecule has 7 heteroatoms. The molecule has 3 amide bonds. The number of hydrogen-bond acceptors (Lipinski definition) is 4. The van der Waals surface area contributed by atoms with Crippen molar-refractivity contribution in [3.05, 3.63) is 71.3 Å². The molecule has 216 valence electrons. The van der Waals surface area contributed by atoms with Gasteiger partial charge < -0.3 is 20.3 Å². The van der Waals surface area contributed by atoms with Gasteiger partial charge in [-0.3, -0.25) is 9.59 Å². The van der Waals surface area contributed by atoms with E-state index in [-0.39, 0.29) is 17.7 Å². The monoisotopic (exact) mass is 547 g/mol. The number of nitrogens with zero attached hydrogens (tertiary/aromatic N) is 1. The molecule has 2 N–H and O–H groups in total. The molecule has 2 rings (SSSR count). The van der Waals surface area contributed by atoms with Crippen LogP contribution in [0.25, 0.3) is 0 Å². The zero-order chi connectivity index (χ0) is 29.7. The van der Waals surface area contributed by atoms with Crippen LogP contribution in [-0.4, -0.2) is 41.0 Å². The van der Waals surface area contributed by atoms with Crippen molar-refractivity contribution >= 4 is 17.9 Å². The number of rotatable bonds is 13. The number of ether oxygens (including phenoxy) is 1. The van der Waals surface area contributed by atoms with Crippen LogP contribution in [0.5, 0.6) is 0 Å². The molecule has 0 fully saturated rings. The van der Waals surface area contributed by atoms with E-state index < -0.39 is 23.8 Å². The Balaban J connectivity index is 2.50. The van der Waals surface area contributed by atoms with Crippen molar-refractivity contribution in [2.45, 2.75) is 91.5 Å². The van der Waals surface area contributed by atoms with Gasteiger partial charge in [0.05, 0.1) is 0 Å². The van der Waals surface area contributed by atoms with Crippen LogP contribution < -0.4 is 10.6 Å². The van der Waals surface area contributed by atoms with Gasteiger partial charge in [0.1, 0.15) is 17.7 Å². The molecule has 3 atom stereocenters. The summed E-state index contributed by atoms with van der Waals surface area (Å²) in [6, 6.07) is 15.0. The third kappa shape index (κ3) is 10.1. The van der Waals surface area contributed by atoms with E-state index in [1.54, 1.807) is 49.9 Å². The van der Waals surface area contributed by atoms with E-state index in [0.29, 0.717) is 37.1 Å². The van der Waals surface area contributed by atoms with Crippen LogP contribution in [0.3, 0.4) is 0 Å². The van der Waals surface area contributed by atoms with Crippen molar-refractivity contribution in [2.24, 2.45) is 5.92 Å². The van der Waals surface area contributed by atoms with Crippen molar-refractivity contribution in [3.8, 4) is 12.3 Å². The fourth-order valence-electron chi connectivity index (χ4n) is 4.31. The van der Waals surface area contributed by atoms with E-state index in [2.05, 4.69) is 23.5 Å². The van der Waals surface area contributed by atoms with Gasteiger partial charge in [0.25, 0.3) is 0 Å². The van der Waals surface area contributed by atoms with Gasteiger partial charge >= 0.3 is 6.09 Å². The van der Waals surface area contributed by atoms with E-state index in [1.807, 2.05) is 44.2 Å². The Morgan fingerprint density at radius 2 is 1.65 bits per heavy atom. The summed E-state index contributed by atoms with van der Waals surface area (Å²) in [5.41, 5.74) is 1.56. The van der Waals surface area contributed by atoms with E-state index in [4.69, 9.17) is 11.2 Å². The molecule has 0 saturated heterocycles. The highest BCUT2D eigenvalue weighted by atomic mass is 16.6. The quantitative estimate of drug-likeness (QED) is 0.238. The number of unbranched alkanes of at least 4 members (excludes halogenated alkanes) is 2. The third-order valence-corrected chi connectivity index (χ3v) is 6.70. The highest BCUT2D eigenvalue weighted by Gasteiger charge is 2.37. The Hall–Kier alpha value is -3.79. The first-order valence-electron chi connectivity index (χ1n) is 14.2. The fourth-order valence-corrected chi connectivity index (χ4v) is 4.31. The lowest BCUT2D eigenvalue weighted by Crippen LogP contribution is -2.55. The minimum Gasteiger partial charge on any atom is -0.444 e. The number of carbonyl (C=O) groups is 3. The first-order chi connectivity index (χ1) is 19.0. The maximum Gasteiger partial charge on any atom is 0.408 e. The molecule has 7 nitrogen and oxygen atoms in total. The number of amides is 3. The van der Waals surface area contributed by atoms with Gasteiger partial charge in [-0.25, -0.2) is 4.79 Å². The van der Waals surface area contributed by atoms with Crippen molar-refractivity contribution < 1.29 is 19.1 Å². The highest BCUT2D eigenvalue weighted by Crippen LogP contribution is 2.26. The number of benzene rings is 2. The molecule has 2 aromatic carbocycles. The molecule has 0 aromatic heterocycles. The highest BCUT2D eigenvalue weighted by molar-refractivity contribution is 5.92. The lowest BCUT2D eigenvalue weighted by Gasteiger charge is -2.36. The summed E-state index contributed by atoms with van der Waals surface area (Å²) in [5, 5.41) is 5.83. The van der Waals surface area contributed by atoms with Gasteiger partial charge in [0, 0.05) is 18.7 Å². The van der Waals surface area contributed by atoms with Crippen LogP contribution in [0.1, 0.15) is 90.0 Å². The van der Waals surface area contributed by atoms with Gasteiger partial charge in [-0.05, 0) is 56.4 Å². The number of nitrogens with one attached hydrogen (secondary N) is 2. The fraction of sp³-hybridized carbons (Fsp3) is 0.485. The number of carbonyl (C=O) groups excluding carboxylic acids is 3. The summed E-state index contributed by atoms with van der Waals surface area (Å²) < 4.78 is 5.48. The Bertz CT molecular complexity index is 1130. The maximum absolute atomic E-state index is 14.3. The predicted molar refractivity (Wildman–Crippen MR) is 159 cm³/mol. The van der Waals surface area contributed by atoms with Gasteiger partial charge in [-0.15, -0.1) is 6.42 Å². The minimum atomic E-state index is -0.910. The largest absolute Gasteiger partial charge is 0.444 e. The van der Waals surface area contributed by atoms with E-state index in [1.165, 1.54) is 0 Å². The minimum absolute atomic E-state index is 0.189. The molecule has 0 aliphatic rings. The molecule has 0 spiro atoms. The number of hydrogen-bond donors (Lipinski definition) is 2. The Labute approximate surface area is 240 Å². The second-order valence-electron chi connectivity index (χ2n) is 11.1. The zero-order valence-corrected chi connectivity index (χ0v) is 24.8. The van der Waals surface area contributed by atoms with Crippen molar-refractivity contribution in [2.75, 3.05) is 6.54 Å². The number of terminal acetylenes is 1. The average Bonchev–Trinajstić information content (AvgIpc) is 2.93. The van der Waals surface area contributed by atoms with E-state index >= 15 is 0 Å². The predicted octanol–water partition coefficient (Wildman–Crippen LogP) is 5.98. The molecular weight excluding hydrogens is 502 g/mol. The van der Waals surface area contributed by atoms with E-state index in [0.717, 1.165) is 18.4 Å². The third-order valence-electron chi connectivity index (χ3n) is 6.70. The van der Waals surface area contributed by atoms with Crippen molar-refractivity contribution in [3.63, 3.8) is 0 Å². The maximum atomic E-state index is 14.3. The zero-order valence-electron chi connectivity index (χ0n) is 24.8. The van der Waals surface area contributed by atoms with Gasteiger partial charge in [-0.1, -0.05) is 88.4 Å². The summed E-state index contributed by atoms with van der Waals surface area (Å²) >= 11 is 0. The molecule has 0 bridgehead atoms. The normalized spacial score (nSPS) is 13.3. The molecule has 0 aliphatic heterocycles. The summed E-state index contributed by atoms with van der Waals surface area (Å²) in [6.45, 7) is 12.0. The summed E-state index contributed by atoms with van der Waals surface area (Å²) in [5.74, 6) is 1.79. The van der Waals surface area contributed by atoms with E-state index in [9.17, 15) is 14.4 Å². The van der Waals surface area contributed by atoms with Gasteiger partial charge in [-0.2, -0.15) is 0 Å². The van der Waals surface area contributed by atoms with Crippen LogP contribution in [-0.2, 0) is 20.9 Å². The molecule has 0 saturated carbocycles. The topological polar surface area (TPSA) is 87.7 Å². The molecule has 0 heterocycles. The molecular formula is C33H45N3O4. The van der Waals surface area contributed by atoms with Crippen molar-refractivity contribution in [1.29, 1.82) is 0 Å². The smallest absolute Gasteiger partial charge is 0.408 e. The standard InChI is InChI=1S/C33H45N3O4/c1-8-11-15-22-36(31(38)28(24(4)9-2)35-32(39)40-33(5,6)7)29(27-20-18-25(10-3)19-21-27)30(37)34-23-26-16-13-12-14-17-26/h3,12-14,16-21,24,28-29H,8-9,11,15,22-23H2,1-2,4-7H3,(H,34,37)(H,35,39). The van der Waals surface area contributed by atoms with Crippen LogP contribution >= 0.6 is 0 Å². The first-order valence-corrected chi connectivity index (χ1v) is 14.2. The summed E-state index contributed by atoms with van der Waals surface area (Å²) in [6.07, 6.45) is 8.12. The Morgan fingerprint density at radius 1 is 1.00 bits per heavy atom. The molecule has 40 heavy (non-hydrogen) atoms. The first kappa shape index (κ1) is 32.4. The molecule has 0 radical (unpaired) electrons. The molecule has 0 aliphatic carbocycles. The SMILES string of the molecule is C#Cc1ccc(C(C(=O)NCc2ccccc2)N(CCCCC)C(=O)C(NC(=O)OC(C)(C)C)C(C)CC)cc1. The van der Waals surface area contributed by atoms with Gasteiger partial charge in [0.2, 0.25) is 11.8 Å². The summed E-state index contributed by atoms with van der Waals surface area (Å²) in [4.78, 5) is 42.5. The Kier molecular flexibility index (Phi) is 12.7. The van der Waals surface area contributed by atoms with Crippen LogP contribution in [0.15, 0.2) is 54.6 Å². The van der Waals surface area contributed by atoms with Crippen LogP contribution in [0.4, 0.5) is 4.79 Å². The average molecular weight is 548 g/mol. The van der Waals surface area contributed by atoms with Crippen LogP contribution in [0, 0.1) is 18.3 Å². The molecule has 3 unspecified atom stereocenters. The van der Waals surface area contributed by atoms with Crippen molar-refractivity contribution in [1.82, 2.24) is 15.5 Å². The second-order valence-corrected chi connectivity index (χ2v) is 11.1. The summed E-state index contributed by atoms with van der Waals surface area (Å²) in [7, 11) is 0.